The van der Waals surface area contributed by atoms with Crippen LogP contribution in [-0.2, 0) is 20.4 Å². The maximum Gasteiger partial charge on any atom is 0.265 e. The van der Waals surface area contributed by atoms with Crippen LogP contribution >= 0.6 is 45.3 Å². The minimum atomic E-state index is -0.0601. The molecule has 72 heavy (non-hydrogen) atoms. The summed E-state index contributed by atoms with van der Waals surface area (Å²) < 4.78 is 2.70. The van der Waals surface area contributed by atoms with E-state index < -0.39 is 0 Å². The van der Waals surface area contributed by atoms with Crippen LogP contribution in [0.1, 0.15) is 267 Å². The van der Waals surface area contributed by atoms with Gasteiger partial charge in [-0.1, -0.05) is 223 Å². The van der Waals surface area contributed by atoms with Crippen molar-refractivity contribution in [2.45, 2.75) is 247 Å². The molecule has 0 N–H and O–H groups in total. The van der Waals surface area contributed by atoms with Crippen molar-refractivity contribution in [3.63, 3.8) is 0 Å². The monoisotopic (exact) mass is 1050 g/mol. The second-order valence-electron chi connectivity index (χ2n) is 24.2. The van der Waals surface area contributed by atoms with Gasteiger partial charge >= 0.3 is 0 Å². The number of thiophene rings is 4. The summed E-state index contributed by atoms with van der Waals surface area (Å²) in [5.74, 6) is 1.08. The molecule has 0 radical (unpaired) electrons. The number of carbonyl (C=O) groups excluding carboxylic acids is 2. The SMILES string of the molecule is CCCCCCCCC(CCCCCC)CC1=CN2C(=O)C3=C4c5sc(C(C)(C)C)cc5C(CC(CCCCCC)CCCCCCCC)=CN4C(=O)C3=C2c2sc(-c3cc4sc(C(C)(C)C)cc4s3)cc21. The molecule has 4 aromatic rings. The van der Waals surface area contributed by atoms with Crippen molar-refractivity contribution in [3.8, 4) is 9.75 Å². The molecule has 4 aliphatic rings. The van der Waals surface area contributed by atoms with Crippen molar-refractivity contribution in [2.75, 3.05) is 0 Å². The van der Waals surface area contributed by atoms with Crippen LogP contribution in [0.3, 0.4) is 0 Å². The molecule has 0 saturated carbocycles. The first-order chi connectivity index (χ1) is 34.7. The lowest BCUT2D eigenvalue weighted by Crippen LogP contribution is -2.27. The summed E-state index contributed by atoms with van der Waals surface area (Å²) in [7, 11) is 0. The third-order valence-corrected chi connectivity index (χ3v) is 21.7. The zero-order chi connectivity index (χ0) is 51.2. The molecule has 392 valence electrons. The summed E-state index contributed by atoms with van der Waals surface area (Å²) in [6.07, 6.45) is 37.2. The summed E-state index contributed by atoms with van der Waals surface area (Å²) in [6.45, 7) is 23.0. The van der Waals surface area contributed by atoms with E-state index >= 15 is 9.59 Å². The van der Waals surface area contributed by atoms with Gasteiger partial charge in [0, 0.05) is 41.3 Å². The summed E-state index contributed by atoms with van der Waals surface area (Å²) in [5, 5.41) is 0. The molecule has 0 saturated heterocycles. The van der Waals surface area contributed by atoms with Crippen LogP contribution in [-0.4, -0.2) is 21.6 Å². The lowest BCUT2D eigenvalue weighted by Gasteiger charge is -2.29. The van der Waals surface area contributed by atoms with Gasteiger partial charge in [-0.2, -0.15) is 0 Å². The predicted molar refractivity (Wildman–Crippen MR) is 318 cm³/mol. The van der Waals surface area contributed by atoms with Crippen LogP contribution in [0, 0.1) is 11.8 Å². The van der Waals surface area contributed by atoms with Crippen LogP contribution in [0.25, 0.3) is 41.7 Å². The first kappa shape index (κ1) is 55.2. The molecule has 8 rings (SSSR count). The van der Waals surface area contributed by atoms with Gasteiger partial charge in [0.25, 0.3) is 11.8 Å². The highest BCUT2D eigenvalue weighted by atomic mass is 32.1. The van der Waals surface area contributed by atoms with Gasteiger partial charge in [-0.25, -0.2) is 0 Å². The summed E-state index contributed by atoms with van der Waals surface area (Å²) in [6, 6.07) is 9.68. The summed E-state index contributed by atoms with van der Waals surface area (Å²) >= 11 is 7.44. The van der Waals surface area contributed by atoms with Crippen LogP contribution in [0.4, 0.5) is 0 Å². The topological polar surface area (TPSA) is 40.6 Å². The Morgan fingerprint density at radius 2 is 0.806 bits per heavy atom. The minimum absolute atomic E-state index is 0.0314. The van der Waals surface area contributed by atoms with Gasteiger partial charge in [0.2, 0.25) is 0 Å². The van der Waals surface area contributed by atoms with Crippen LogP contribution in [0.2, 0.25) is 0 Å². The molecule has 8 heterocycles. The average molecular weight is 1050 g/mol. The second-order valence-corrected chi connectivity index (χ2v) is 28.5. The molecule has 0 bridgehead atoms. The molecule has 0 aromatic carbocycles. The average Bonchev–Trinajstić information content (AvgIpc) is 4.20. The van der Waals surface area contributed by atoms with Crippen molar-refractivity contribution < 1.29 is 9.59 Å². The highest BCUT2D eigenvalue weighted by molar-refractivity contribution is 7.31. The Labute approximate surface area is 452 Å². The van der Waals surface area contributed by atoms with E-state index in [1.54, 1.807) is 11.3 Å². The number of amides is 2. The molecule has 2 amide bonds. The van der Waals surface area contributed by atoms with Gasteiger partial charge in [-0.3, -0.25) is 19.4 Å². The first-order valence-corrected chi connectivity index (χ1v) is 32.3. The molecule has 0 fully saturated rings. The standard InChI is InChI=1S/C64H90N2O2S4/c1-11-15-19-23-25-29-33-43(31-27-21-17-13-3)35-45-41-65-57(59-47(45)37-49(71-59)50-39-51-52(69-50)40-54(70-51)64(8,9)10)55-56(62(65)68)58-60-48(38-53(72-60)63(5,6)7)46(42-66(58)61(55)67)36-44(32-28-22-18-14-4)34-30-26-24-20-16-12-2/h37-44H,11-36H2,1-10H3. The lowest BCUT2D eigenvalue weighted by atomic mass is 9.85. The van der Waals surface area contributed by atoms with Crippen molar-refractivity contribution in [1.82, 2.24) is 9.80 Å². The first-order valence-electron chi connectivity index (χ1n) is 29.1. The van der Waals surface area contributed by atoms with Crippen molar-refractivity contribution >= 4 is 89.1 Å². The fourth-order valence-electron chi connectivity index (χ4n) is 11.7. The Kier molecular flexibility index (Phi) is 19.0. The fourth-order valence-corrected chi connectivity index (χ4v) is 16.8. The van der Waals surface area contributed by atoms with Gasteiger partial charge in [0.05, 0.1) is 32.3 Å². The smallest absolute Gasteiger partial charge is 0.265 e. The number of hydrogen-bond acceptors (Lipinski definition) is 6. The Morgan fingerprint density at radius 1 is 0.431 bits per heavy atom. The fraction of sp³-hybridized carbons (Fsp3) is 0.625. The zero-order valence-corrected chi connectivity index (χ0v) is 49.6. The Hall–Kier alpha value is -3.04. The Bertz CT molecular complexity index is 2610. The Balaban J connectivity index is 1.19. The minimum Gasteiger partial charge on any atom is -0.281 e. The van der Waals surface area contributed by atoms with Crippen molar-refractivity contribution in [3.05, 3.63) is 78.4 Å². The van der Waals surface area contributed by atoms with Gasteiger partial charge in [-0.15, -0.1) is 45.3 Å². The molecular formula is C64H90N2O2S4. The van der Waals surface area contributed by atoms with E-state index in [2.05, 4.69) is 106 Å². The number of hydrogen-bond donors (Lipinski definition) is 0. The van der Waals surface area contributed by atoms with E-state index in [9.17, 15) is 0 Å². The number of allylic oxidation sites excluding steroid dienone is 2. The van der Waals surface area contributed by atoms with Crippen LogP contribution < -0.4 is 0 Å². The maximum absolute atomic E-state index is 15.5. The Morgan fingerprint density at radius 3 is 1.25 bits per heavy atom. The summed E-state index contributed by atoms with van der Waals surface area (Å²) in [5.41, 5.74) is 7.98. The summed E-state index contributed by atoms with van der Waals surface area (Å²) in [4.78, 5) is 42.4. The van der Waals surface area contributed by atoms with Gasteiger partial charge < -0.3 is 0 Å². The molecule has 4 aromatic heterocycles. The number of unbranched alkanes of at least 4 members (excludes halogenated alkanes) is 16. The molecule has 2 atom stereocenters. The second kappa shape index (κ2) is 24.7. The molecule has 8 heteroatoms. The van der Waals surface area contributed by atoms with E-state index in [0.717, 1.165) is 34.0 Å². The van der Waals surface area contributed by atoms with Crippen LogP contribution in [0.15, 0.2) is 47.8 Å². The quantitative estimate of drug-likeness (QED) is 0.0509. The molecule has 0 aliphatic carbocycles. The predicted octanol–water partition coefficient (Wildman–Crippen LogP) is 21.3. The van der Waals surface area contributed by atoms with E-state index in [-0.39, 0.29) is 22.6 Å². The van der Waals surface area contributed by atoms with E-state index in [1.807, 2.05) is 43.8 Å². The number of fused-ring (bicyclic) bond motifs is 8. The van der Waals surface area contributed by atoms with Crippen molar-refractivity contribution in [2.24, 2.45) is 11.8 Å². The molecular weight excluding hydrogens is 957 g/mol. The molecule has 4 nitrogen and oxygen atoms in total. The lowest BCUT2D eigenvalue weighted by molar-refractivity contribution is -0.122. The van der Waals surface area contributed by atoms with E-state index in [1.165, 1.54) is 205 Å². The van der Waals surface area contributed by atoms with Gasteiger partial charge in [-0.05, 0) is 82.0 Å². The number of rotatable bonds is 29. The highest BCUT2D eigenvalue weighted by Gasteiger charge is 2.52. The van der Waals surface area contributed by atoms with Crippen molar-refractivity contribution in [1.29, 1.82) is 0 Å². The van der Waals surface area contributed by atoms with Gasteiger partial charge in [0.15, 0.2) is 0 Å². The zero-order valence-electron chi connectivity index (χ0n) is 46.3. The molecule has 0 spiro atoms. The van der Waals surface area contributed by atoms with E-state index in [0.29, 0.717) is 23.0 Å². The largest absolute Gasteiger partial charge is 0.281 e. The third-order valence-electron chi connectivity index (χ3n) is 16.0. The third kappa shape index (κ3) is 12.5. The number of nitrogens with zero attached hydrogens (tertiary/aromatic N) is 2. The van der Waals surface area contributed by atoms with Gasteiger partial charge in [0.1, 0.15) is 0 Å². The van der Waals surface area contributed by atoms with Crippen LogP contribution in [0.5, 0.6) is 0 Å². The van der Waals surface area contributed by atoms with E-state index in [4.69, 9.17) is 0 Å². The normalized spacial score (nSPS) is 16.5. The molecule has 2 unspecified atom stereocenters. The highest BCUT2D eigenvalue weighted by Crippen LogP contribution is 2.58. The molecule has 4 aliphatic heterocycles. The number of carbonyl (C=O) groups is 2. The maximum atomic E-state index is 15.5.